The summed E-state index contributed by atoms with van der Waals surface area (Å²) < 4.78 is 11.5. The second-order valence-electron chi connectivity index (χ2n) is 3.02. The smallest absolute Gasteiger partial charge is 0.334 e. The zero-order valence-corrected chi connectivity index (χ0v) is 11.4. The Bertz CT molecular complexity index is 127. The molecule has 0 saturated carbocycles. The van der Waals surface area contributed by atoms with E-state index in [-0.39, 0.29) is 4.58 Å². The lowest BCUT2D eigenvalue weighted by atomic mass is 10.6. The van der Waals surface area contributed by atoms with Gasteiger partial charge in [0.1, 0.15) is 0 Å². The Morgan fingerprint density at radius 2 is 1.62 bits per heavy atom. The lowest BCUT2D eigenvalue weighted by molar-refractivity contribution is 0.188. The molecule has 0 radical (unpaired) electrons. The molecule has 80 valence electrons. The van der Waals surface area contributed by atoms with Crippen molar-refractivity contribution in [2.45, 2.75) is 37.4 Å². The van der Waals surface area contributed by atoms with Gasteiger partial charge >= 0.3 is 8.56 Å². The Morgan fingerprint density at radius 3 is 1.92 bits per heavy atom. The van der Waals surface area contributed by atoms with E-state index in [0.717, 1.165) is 25.7 Å². The normalized spacial score (nSPS) is 12.5. The van der Waals surface area contributed by atoms with Crippen LogP contribution < -0.4 is 0 Å². The van der Waals surface area contributed by atoms with E-state index >= 15 is 0 Å². The molecule has 5 heteroatoms. The summed E-state index contributed by atoms with van der Waals surface area (Å²) in [5.41, 5.74) is 0. The zero-order valence-electron chi connectivity index (χ0n) is 8.62. The third-order valence-electron chi connectivity index (χ3n) is 1.76. The van der Waals surface area contributed by atoms with Crippen LogP contribution in [0, 0.1) is 0 Å². The van der Waals surface area contributed by atoms with Crippen LogP contribution in [-0.4, -0.2) is 26.4 Å². The molecular weight excluding hydrogens is 220 g/mol. The van der Waals surface area contributed by atoms with E-state index in [2.05, 4.69) is 31.8 Å². The molecule has 0 amide bonds. The molecular formula is C8H20O2S2Si. The summed E-state index contributed by atoms with van der Waals surface area (Å²) in [5, 5.41) is 0. The topological polar surface area (TPSA) is 18.5 Å². The van der Waals surface area contributed by atoms with Crippen LogP contribution in [0.25, 0.3) is 0 Å². The summed E-state index contributed by atoms with van der Waals surface area (Å²) >= 11 is 8.44. The molecule has 2 nitrogen and oxygen atoms in total. The van der Waals surface area contributed by atoms with Crippen molar-refractivity contribution in [2.75, 3.05) is 13.2 Å². The van der Waals surface area contributed by atoms with Crippen molar-refractivity contribution in [3.8, 4) is 0 Å². The van der Waals surface area contributed by atoms with Crippen LogP contribution in [0.15, 0.2) is 0 Å². The molecule has 0 unspecified atom stereocenters. The van der Waals surface area contributed by atoms with Gasteiger partial charge in [-0.1, -0.05) is 0 Å². The molecule has 0 aliphatic carbocycles. The Balaban J connectivity index is 3.91. The second kappa shape index (κ2) is 7.17. The van der Waals surface area contributed by atoms with E-state index in [0.29, 0.717) is 0 Å². The van der Waals surface area contributed by atoms with E-state index in [9.17, 15) is 0 Å². The molecule has 13 heavy (non-hydrogen) atoms. The van der Waals surface area contributed by atoms with Crippen LogP contribution in [0.2, 0.25) is 12.6 Å². The van der Waals surface area contributed by atoms with Gasteiger partial charge < -0.3 is 8.85 Å². The van der Waals surface area contributed by atoms with Crippen molar-refractivity contribution >= 4 is 33.8 Å². The van der Waals surface area contributed by atoms with Crippen molar-refractivity contribution in [1.29, 1.82) is 0 Å². The van der Waals surface area contributed by atoms with E-state index in [4.69, 9.17) is 8.85 Å². The zero-order chi connectivity index (χ0) is 10.3. The first-order chi connectivity index (χ1) is 6.04. The van der Waals surface area contributed by atoms with Crippen LogP contribution in [0.3, 0.4) is 0 Å². The van der Waals surface area contributed by atoms with E-state index in [1.807, 2.05) is 13.8 Å². The van der Waals surface area contributed by atoms with Gasteiger partial charge in [-0.25, -0.2) is 0 Å². The minimum atomic E-state index is -1.91. The lowest BCUT2D eigenvalue weighted by Gasteiger charge is -2.26. The van der Waals surface area contributed by atoms with Crippen molar-refractivity contribution in [1.82, 2.24) is 0 Å². The van der Waals surface area contributed by atoms with E-state index in [1.165, 1.54) is 0 Å². The van der Waals surface area contributed by atoms with Gasteiger partial charge in [-0.2, -0.15) is 25.3 Å². The highest BCUT2D eigenvalue weighted by Gasteiger charge is 2.30. The highest BCUT2D eigenvalue weighted by Crippen LogP contribution is 2.20. The summed E-state index contributed by atoms with van der Waals surface area (Å²) in [6, 6.07) is 0.965. The fraction of sp³-hybridized carbons (Fsp3) is 1.00. The van der Waals surface area contributed by atoms with Crippen LogP contribution in [-0.2, 0) is 8.85 Å². The first kappa shape index (κ1) is 13.8. The standard InChI is InChI=1S/C8H20O2S2Si/c1-4-9-13(3,10-5-2)7-6-8(11)12/h8,11-12H,4-7H2,1-3H3. The minimum Gasteiger partial charge on any atom is -0.395 e. The van der Waals surface area contributed by atoms with Gasteiger partial charge in [-0.3, -0.25) is 0 Å². The molecule has 0 aromatic carbocycles. The van der Waals surface area contributed by atoms with Crippen molar-refractivity contribution in [3.63, 3.8) is 0 Å². The molecule has 0 aliphatic rings. The molecule has 0 atom stereocenters. The summed E-state index contributed by atoms with van der Waals surface area (Å²) in [6.07, 6.45) is 0.939. The Morgan fingerprint density at radius 1 is 1.15 bits per heavy atom. The summed E-state index contributed by atoms with van der Waals surface area (Å²) in [5.74, 6) is 0. The Labute approximate surface area is 93.5 Å². The lowest BCUT2D eigenvalue weighted by Crippen LogP contribution is -2.39. The highest BCUT2D eigenvalue weighted by molar-refractivity contribution is 7.99. The minimum absolute atomic E-state index is 0.132. The van der Waals surface area contributed by atoms with Crippen LogP contribution in [0.5, 0.6) is 0 Å². The third-order valence-corrected chi connectivity index (χ3v) is 5.27. The molecule has 0 heterocycles. The molecule has 0 aromatic rings. The number of hydrogen-bond acceptors (Lipinski definition) is 4. The summed E-state index contributed by atoms with van der Waals surface area (Å²) in [4.78, 5) is 0. The molecule has 0 rings (SSSR count). The SMILES string of the molecule is CCO[Si](C)(CCC(S)S)OCC. The van der Waals surface area contributed by atoms with E-state index < -0.39 is 8.56 Å². The predicted molar refractivity (Wildman–Crippen MR) is 66.1 cm³/mol. The largest absolute Gasteiger partial charge is 0.395 e. The monoisotopic (exact) mass is 240 g/mol. The van der Waals surface area contributed by atoms with Gasteiger partial charge in [-0.05, 0) is 32.9 Å². The first-order valence-electron chi connectivity index (χ1n) is 4.68. The van der Waals surface area contributed by atoms with Gasteiger partial charge in [0.2, 0.25) is 0 Å². The van der Waals surface area contributed by atoms with Crippen LogP contribution in [0.1, 0.15) is 20.3 Å². The molecule has 0 fully saturated rings. The quantitative estimate of drug-likeness (QED) is 0.405. The predicted octanol–water partition coefficient (Wildman–Crippen LogP) is 2.71. The van der Waals surface area contributed by atoms with Gasteiger partial charge in [0.25, 0.3) is 0 Å². The van der Waals surface area contributed by atoms with Crippen molar-refractivity contribution < 1.29 is 8.85 Å². The van der Waals surface area contributed by atoms with Gasteiger partial charge in [0.05, 0.1) is 0 Å². The molecule has 0 aliphatic heterocycles. The fourth-order valence-electron chi connectivity index (χ4n) is 1.19. The highest BCUT2D eigenvalue weighted by atomic mass is 32.2. The maximum absolute atomic E-state index is 5.67. The van der Waals surface area contributed by atoms with Crippen molar-refractivity contribution in [2.24, 2.45) is 0 Å². The average Bonchev–Trinajstić information content (AvgIpc) is 2.02. The van der Waals surface area contributed by atoms with Crippen molar-refractivity contribution in [3.05, 3.63) is 0 Å². The molecule has 0 bridgehead atoms. The third kappa shape index (κ3) is 6.85. The first-order valence-corrected chi connectivity index (χ1v) is 8.23. The maximum Gasteiger partial charge on any atom is 0.334 e. The summed E-state index contributed by atoms with van der Waals surface area (Å²) in [6.45, 7) is 7.56. The number of rotatable bonds is 7. The van der Waals surface area contributed by atoms with Gasteiger partial charge in [0.15, 0.2) is 0 Å². The average molecular weight is 240 g/mol. The molecule has 0 N–H and O–H groups in total. The van der Waals surface area contributed by atoms with Gasteiger partial charge in [0, 0.05) is 17.8 Å². The Kier molecular flexibility index (Phi) is 7.63. The van der Waals surface area contributed by atoms with Gasteiger partial charge in [-0.15, -0.1) is 0 Å². The number of thiol groups is 2. The van der Waals surface area contributed by atoms with Crippen LogP contribution >= 0.6 is 25.3 Å². The number of hydrogen-bond donors (Lipinski definition) is 2. The summed E-state index contributed by atoms with van der Waals surface area (Å²) in [7, 11) is -1.91. The van der Waals surface area contributed by atoms with Crippen LogP contribution in [0.4, 0.5) is 0 Å². The molecule has 0 aromatic heterocycles. The maximum atomic E-state index is 5.67. The molecule has 0 saturated heterocycles. The van der Waals surface area contributed by atoms with E-state index in [1.54, 1.807) is 0 Å². The fourth-order valence-corrected chi connectivity index (χ4v) is 4.34. The molecule has 0 spiro atoms. The second-order valence-corrected chi connectivity index (χ2v) is 8.02. The Hall–Kier alpha value is 0.837.